The normalized spacial score (nSPS) is 18.8. The smallest absolute Gasteiger partial charge is 0.303 e. The molecule has 0 unspecified atom stereocenters. The molecule has 5 heteroatoms. The lowest BCUT2D eigenvalue weighted by Gasteiger charge is -1.94. The van der Waals surface area contributed by atoms with Gasteiger partial charge < -0.3 is 5.11 Å². The fraction of sp³-hybridized carbons (Fsp3) is 0.625. The Morgan fingerprint density at radius 2 is 2.23 bits per heavy atom. The van der Waals surface area contributed by atoms with Gasteiger partial charge in [0.1, 0.15) is 0 Å². The molecule has 4 nitrogen and oxygen atoms in total. The molecule has 0 atom stereocenters. The van der Waals surface area contributed by atoms with Crippen molar-refractivity contribution in [1.82, 2.24) is 0 Å². The number of allylic oxidation sites excluding steroid dienone is 1. The Balaban J connectivity index is 2.14. The average Bonchev–Trinajstić information content (AvgIpc) is 2.52. The van der Waals surface area contributed by atoms with Crippen molar-refractivity contribution in [1.29, 1.82) is 0 Å². The van der Waals surface area contributed by atoms with Crippen LogP contribution in [-0.4, -0.2) is 17.6 Å². The van der Waals surface area contributed by atoms with Gasteiger partial charge in [0, 0.05) is 18.6 Å². The highest BCUT2D eigenvalue weighted by Gasteiger charge is 2.14. The molecule has 1 rings (SSSR count). The average molecular weight is 200 g/mol. The maximum absolute atomic E-state index is 10.9. The SMILES string of the molecule is O=C1N=NSC1=CCCCCCO. The Morgan fingerprint density at radius 1 is 1.38 bits per heavy atom. The van der Waals surface area contributed by atoms with Crippen molar-refractivity contribution in [3.8, 4) is 0 Å². The monoisotopic (exact) mass is 200 g/mol. The van der Waals surface area contributed by atoms with E-state index in [2.05, 4.69) is 9.63 Å². The first-order valence-electron chi connectivity index (χ1n) is 4.28. The van der Waals surface area contributed by atoms with Gasteiger partial charge in [0.2, 0.25) is 0 Å². The van der Waals surface area contributed by atoms with E-state index in [1.165, 1.54) is 0 Å². The second-order valence-corrected chi connectivity index (χ2v) is 3.51. The molecule has 0 saturated heterocycles. The Kier molecular flexibility index (Phi) is 4.70. The lowest BCUT2D eigenvalue weighted by Crippen LogP contribution is -1.88. The highest BCUT2D eigenvalue weighted by Crippen LogP contribution is 2.26. The van der Waals surface area contributed by atoms with Crippen molar-refractivity contribution in [2.45, 2.75) is 25.7 Å². The molecule has 1 heterocycles. The van der Waals surface area contributed by atoms with Gasteiger partial charge in [-0.2, -0.15) is 0 Å². The molecule has 1 N–H and O–H groups in total. The molecule has 0 aromatic carbocycles. The predicted octanol–water partition coefficient (Wildman–Crippen LogP) is 2.06. The number of nitrogens with zero attached hydrogens (tertiary/aromatic N) is 2. The summed E-state index contributed by atoms with van der Waals surface area (Å²) in [6, 6.07) is 0. The summed E-state index contributed by atoms with van der Waals surface area (Å²) in [5.74, 6) is -0.229. The van der Waals surface area contributed by atoms with Crippen molar-refractivity contribution in [3.63, 3.8) is 0 Å². The molecule has 0 bridgehead atoms. The molecular weight excluding hydrogens is 188 g/mol. The highest BCUT2D eigenvalue weighted by molar-refractivity contribution is 8.03. The lowest BCUT2D eigenvalue weighted by molar-refractivity contribution is -0.113. The minimum atomic E-state index is -0.229. The van der Waals surface area contributed by atoms with E-state index >= 15 is 0 Å². The van der Waals surface area contributed by atoms with Gasteiger partial charge in [0.15, 0.2) is 0 Å². The van der Waals surface area contributed by atoms with Crippen LogP contribution in [-0.2, 0) is 4.79 Å². The topological polar surface area (TPSA) is 62.0 Å². The molecule has 0 saturated carbocycles. The first kappa shape index (κ1) is 10.4. The third kappa shape index (κ3) is 3.69. The summed E-state index contributed by atoms with van der Waals surface area (Å²) in [5.41, 5.74) is 0. The van der Waals surface area contributed by atoms with Crippen LogP contribution in [0, 0.1) is 0 Å². The summed E-state index contributed by atoms with van der Waals surface area (Å²) in [7, 11) is 0. The molecule has 0 spiro atoms. The van der Waals surface area contributed by atoms with Gasteiger partial charge in [-0.25, -0.2) is 0 Å². The summed E-state index contributed by atoms with van der Waals surface area (Å²) in [4.78, 5) is 11.5. The number of aliphatic hydroxyl groups is 1. The minimum absolute atomic E-state index is 0.229. The first-order valence-corrected chi connectivity index (χ1v) is 5.05. The molecule has 0 aromatic rings. The van der Waals surface area contributed by atoms with Crippen LogP contribution in [0.5, 0.6) is 0 Å². The standard InChI is InChI=1S/C8H12N2O2S/c11-6-4-2-1-3-5-7-8(12)9-10-13-7/h5,11H,1-4,6H2. The number of rotatable bonds is 5. The molecule has 1 aliphatic rings. The van der Waals surface area contributed by atoms with Gasteiger partial charge in [-0.3, -0.25) is 4.79 Å². The highest BCUT2D eigenvalue weighted by atomic mass is 32.2. The van der Waals surface area contributed by atoms with Gasteiger partial charge in [-0.05, 0) is 19.3 Å². The van der Waals surface area contributed by atoms with Crippen LogP contribution in [0.25, 0.3) is 0 Å². The van der Waals surface area contributed by atoms with E-state index in [1.807, 2.05) is 6.08 Å². The number of aliphatic hydroxyl groups excluding tert-OH is 1. The maximum Gasteiger partial charge on any atom is 0.303 e. The number of amides is 1. The third-order valence-electron chi connectivity index (χ3n) is 1.67. The number of hydrogen-bond acceptors (Lipinski definition) is 4. The molecular formula is C8H12N2O2S. The number of unbranched alkanes of at least 4 members (excludes halogenated alkanes) is 3. The van der Waals surface area contributed by atoms with E-state index in [1.54, 1.807) is 0 Å². The zero-order valence-electron chi connectivity index (χ0n) is 7.27. The maximum atomic E-state index is 10.9. The van der Waals surface area contributed by atoms with Crippen LogP contribution in [0.15, 0.2) is 20.6 Å². The van der Waals surface area contributed by atoms with Gasteiger partial charge in [-0.15, -0.1) is 4.52 Å². The number of carbonyl (C=O) groups is 1. The number of carbonyl (C=O) groups excluding carboxylic acids is 1. The molecule has 0 aromatic heterocycles. The van der Waals surface area contributed by atoms with Crippen LogP contribution in [0.3, 0.4) is 0 Å². The minimum Gasteiger partial charge on any atom is -0.396 e. The van der Waals surface area contributed by atoms with Crippen LogP contribution < -0.4 is 0 Å². The van der Waals surface area contributed by atoms with E-state index in [4.69, 9.17) is 5.11 Å². The van der Waals surface area contributed by atoms with E-state index in [-0.39, 0.29) is 12.5 Å². The fourth-order valence-corrected chi connectivity index (χ4v) is 1.49. The molecule has 1 aliphatic heterocycles. The molecule has 0 fully saturated rings. The van der Waals surface area contributed by atoms with Crippen molar-refractivity contribution < 1.29 is 9.90 Å². The Bertz CT molecular complexity index is 238. The molecule has 72 valence electrons. The van der Waals surface area contributed by atoms with Gasteiger partial charge in [0.25, 0.3) is 0 Å². The quantitative estimate of drug-likeness (QED) is 0.420. The van der Waals surface area contributed by atoms with E-state index in [9.17, 15) is 4.79 Å². The third-order valence-corrected chi connectivity index (χ3v) is 2.37. The van der Waals surface area contributed by atoms with E-state index in [0.29, 0.717) is 4.91 Å². The van der Waals surface area contributed by atoms with Crippen LogP contribution in [0.2, 0.25) is 0 Å². The largest absolute Gasteiger partial charge is 0.396 e. The Hall–Kier alpha value is -0.680. The lowest BCUT2D eigenvalue weighted by atomic mass is 10.2. The van der Waals surface area contributed by atoms with Crippen molar-refractivity contribution in [3.05, 3.63) is 11.0 Å². The predicted molar refractivity (Wildman–Crippen MR) is 51.1 cm³/mol. The van der Waals surface area contributed by atoms with Crippen LogP contribution in [0.4, 0.5) is 0 Å². The van der Waals surface area contributed by atoms with Gasteiger partial charge in [-0.1, -0.05) is 17.6 Å². The van der Waals surface area contributed by atoms with Crippen LogP contribution >= 0.6 is 11.9 Å². The molecule has 0 radical (unpaired) electrons. The van der Waals surface area contributed by atoms with Crippen LogP contribution in [0.1, 0.15) is 25.7 Å². The van der Waals surface area contributed by atoms with Gasteiger partial charge >= 0.3 is 5.91 Å². The van der Waals surface area contributed by atoms with Gasteiger partial charge in [0.05, 0.1) is 4.91 Å². The zero-order valence-corrected chi connectivity index (χ0v) is 8.09. The summed E-state index contributed by atoms with van der Waals surface area (Å²) in [6.07, 6.45) is 5.55. The fourth-order valence-electron chi connectivity index (χ4n) is 0.980. The summed E-state index contributed by atoms with van der Waals surface area (Å²) in [6.45, 7) is 0.245. The van der Waals surface area contributed by atoms with Crippen molar-refractivity contribution in [2.24, 2.45) is 9.63 Å². The molecule has 13 heavy (non-hydrogen) atoms. The Labute approximate surface area is 81.3 Å². The summed E-state index contributed by atoms with van der Waals surface area (Å²) >= 11 is 1.13. The van der Waals surface area contributed by atoms with E-state index < -0.39 is 0 Å². The number of hydrogen-bond donors (Lipinski definition) is 1. The van der Waals surface area contributed by atoms with E-state index in [0.717, 1.165) is 37.6 Å². The first-order chi connectivity index (χ1) is 6.34. The second-order valence-electron chi connectivity index (χ2n) is 2.72. The van der Waals surface area contributed by atoms with Crippen molar-refractivity contribution in [2.75, 3.05) is 6.61 Å². The zero-order chi connectivity index (χ0) is 9.52. The van der Waals surface area contributed by atoms with Crippen molar-refractivity contribution >= 4 is 17.9 Å². The summed E-state index contributed by atoms with van der Waals surface area (Å²) < 4.78 is 3.54. The summed E-state index contributed by atoms with van der Waals surface area (Å²) in [5, 5.41) is 11.9. The molecule has 0 aliphatic carbocycles. The second kappa shape index (κ2) is 5.88. The molecule has 1 amide bonds. The Morgan fingerprint density at radius 3 is 2.85 bits per heavy atom.